The molecule has 114 valence electrons. The van der Waals surface area contributed by atoms with Gasteiger partial charge in [-0.3, -0.25) is 0 Å². The summed E-state index contributed by atoms with van der Waals surface area (Å²) >= 11 is 3.37. The Hall–Kier alpha value is -1.49. The highest BCUT2D eigenvalue weighted by Gasteiger charge is 2.22. The number of nitrogens with zero attached hydrogens (tertiary/aromatic N) is 1. The van der Waals surface area contributed by atoms with Gasteiger partial charge in [-0.2, -0.15) is 0 Å². The third kappa shape index (κ3) is 4.00. The smallest absolute Gasteiger partial charge is 0.421 e. The summed E-state index contributed by atoms with van der Waals surface area (Å²) in [6.07, 6.45) is 0.452. The number of halogens is 1. The summed E-state index contributed by atoms with van der Waals surface area (Å²) < 4.78 is 12.7. The van der Waals surface area contributed by atoms with Gasteiger partial charge in [0.2, 0.25) is 5.88 Å². The first-order valence-electron chi connectivity index (χ1n) is 6.95. The fourth-order valence-corrected chi connectivity index (χ4v) is 2.19. The molecule has 1 aromatic heterocycles. The Balaban J connectivity index is 2.37. The van der Waals surface area contributed by atoms with Crippen LogP contribution in [0.1, 0.15) is 27.2 Å². The predicted octanol–water partition coefficient (Wildman–Crippen LogP) is 4.59. The number of carbonyl (C=O) groups excluding carboxylic acids is 1. The van der Waals surface area contributed by atoms with E-state index in [1.54, 1.807) is 0 Å². The summed E-state index contributed by atoms with van der Waals surface area (Å²) in [4.78, 5) is 12.4. The minimum atomic E-state index is -0.546. The van der Waals surface area contributed by atoms with E-state index in [1.807, 2.05) is 51.1 Å². The van der Waals surface area contributed by atoms with Crippen LogP contribution in [0.15, 0.2) is 30.3 Å². The van der Waals surface area contributed by atoms with Gasteiger partial charge in [-0.05, 0) is 33.3 Å². The molecule has 0 amide bonds. The van der Waals surface area contributed by atoms with Crippen LogP contribution in [0.5, 0.6) is 5.88 Å². The number of ether oxygens (including phenoxy) is 2. The maximum absolute atomic E-state index is 12.4. The Kier molecular flexibility index (Phi) is 4.93. The molecule has 0 N–H and O–H groups in total. The Morgan fingerprint density at radius 2 is 2.00 bits per heavy atom. The SMILES string of the molecule is CC(C)(C)OC(=O)n1c(OCCCBr)cc2ccccc21. The van der Waals surface area contributed by atoms with E-state index >= 15 is 0 Å². The second-order valence-electron chi connectivity index (χ2n) is 5.75. The molecule has 0 fully saturated rings. The van der Waals surface area contributed by atoms with Crippen molar-refractivity contribution in [2.75, 3.05) is 11.9 Å². The van der Waals surface area contributed by atoms with Gasteiger partial charge in [-0.15, -0.1) is 0 Å². The molecule has 0 bridgehead atoms. The molecule has 4 nitrogen and oxygen atoms in total. The summed E-state index contributed by atoms with van der Waals surface area (Å²) in [5.74, 6) is 0.520. The molecular formula is C16H20BrNO3. The van der Waals surface area contributed by atoms with Crippen molar-refractivity contribution in [3.63, 3.8) is 0 Å². The molecule has 5 heteroatoms. The average Bonchev–Trinajstić information content (AvgIpc) is 2.75. The van der Waals surface area contributed by atoms with Gasteiger partial charge < -0.3 is 9.47 Å². The van der Waals surface area contributed by atoms with Gasteiger partial charge in [0.05, 0.1) is 12.1 Å². The predicted molar refractivity (Wildman–Crippen MR) is 87.5 cm³/mol. The average molecular weight is 354 g/mol. The molecule has 21 heavy (non-hydrogen) atoms. The van der Waals surface area contributed by atoms with E-state index in [2.05, 4.69) is 15.9 Å². The van der Waals surface area contributed by atoms with Crippen molar-refractivity contribution < 1.29 is 14.3 Å². The van der Waals surface area contributed by atoms with E-state index < -0.39 is 11.7 Å². The number of benzene rings is 1. The van der Waals surface area contributed by atoms with Crippen LogP contribution in [0.4, 0.5) is 4.79 Å². The highest BCUT2D eigenvalue weighted by Crippen LogP contribution is 2.27. The first-order chi connectivity index (χ1) is 9.92. The lowest BCUT2D eigenvalue weighted by Crippen LogP contribution is -2.27. The highest BCUT2D eigenvalue weighted by molar-refractivity contribution is 9.09. The van der Waals surface area contributed by atoms with E-state index in [9.17, 15) is 4.79 Å². The normalized spacial score (nSPS) is 11.6. The van der Waals surface area contributed by atoms with Crippen LogP contribution < -0.4 is 4.74 Å². The van der Waals surface area contributed by atoms with Gasteiger partial charge in [-0.1, -0.05) is 34.1 Å². The molecule has 0 aliphatic rings. The standard InChI is InChI=1S/C16H20BrNO3/c1-16(2,3)21-15(19)18-13-8-5-4-7-12(13)11-14(18)20-10-6-9-17/h4-5,7-8,11H,6,9-10H2,1-3H3. The number of rotatable bonds is 4. The lowest BCUT2D eigenvalue weighted by atomic mass is 10.2. The van der Waals surface area contributed by atoms with Crippen molar-refractivity contribution in [2.45, 2.75) is 32.8 Å². The molecule has 1 heterocycles. The summed E-state index contributed by atoms with van der Waals surface area (Å²) in [5, 5.41) is 1.82. The van der Waals surface area contributed by atoms with E-state index in [1.165, 1.54) is 4.57 Å². The fraction of sp³-hybridized carbons (Fsp3) is 0.438. The van der Waals surface area contributed by atoms with Gasteiger partial charge in [0.25, 0.3) is 0 Å². The van der Waals surface area contributed by atoms with Gasteiger partial charge in [-0.25, -0.2) is 9.36 Å². The Bertz CT molecular complexity index is 628. The fourth-order valence-electron chi connectivity index (χ4n) is 1.96. The number of hydrogen-bond acceptors (Lipinski definition) is 3. The van der Waals surface area contributed by atoms with Crippen LogP contribution in [0.3, 0.4) is 0 Å². The second kappa shape index (κ2) is 6.52. The quantitative estimate of drug-likeness (QED) is 0.596. The van der Waals surface area contributed by atoms with Gasteiger partial charge >= 0.3 is 6.09 Å². The number of carbonyl (C=O) groups is 1. The maximum Gasteiger partial charge on any atom is 0.421 e. The summed E-state index contributed by atoms with van der Waals surface area (Å²) in [5.41, 5.74) is 0.246. The van der Waals surface area contributed by atoms with E-state index in [0.29, 0.717) is 12.5 Å². The molecule has 0 radical (unpaired) electrons. The second-order valence-corrected chi connectivity index (χ2v) is 6.54. The lowest BCUT2D eigenvalue weighted by molar-refractivity contribution is 0.0529. The maximum atomic E-state index is 12.4. The van der Waals surface area contributed by atoms with Crippen LogP contribution >= 0.6 is 15.9 Å². The number of aromatic nitrogens is 1. The zero-order valence-corrected chi connectivity index (χ0v) is 14.1. The van der Waals surface area contributed by atoms with Crippen LogP contribution in [-0.2, 0) is 4.74 Å². The van der Waals surface area contributed by atoms with Gasteiger partial charge in [0.1, 0.15) is 5.60 Å². The molecule has 2 rings (SSSR count). The molecule has 0 saturated carbocycles. The van der Waals surface area contributed by atoms with Crippen LogP contribution in [0, 0.1) is 0 Å². The summed E-state index contributed by atoms with van der Waals surface area (Å²) in [7, 11) is 0. The van der Waals surface area contributed by atoms with Crippen molar-refractivity contribution >= 4 is 32.9 Å². The van der Waals surface area contributed by atoms with E-state index in [0.717, 1.165) is 22.7 Å². The number of alkyl halides is 1. The van der Waals surface area contributed by atoms with Crippen LogP contribution in [0.2, 0.25) is 0 Å². The molecule has 0 aliphatic heterocycles. The molecule has 0 aliphatic carbocycles. The number of para-hydroxylation sites is 1. The van der Waals surface area contributed by atoms with Crippen molar-refractivity contribution in [2.24, 2.45) is 0 Å². The van der Waals surface area contributed by atoms with Crippen molar-refractivity contribution in [1.82, 2.24) is 4.57 Å². The Morgan fingerprint density at radius 1 is 1.29 bits per heavy atom. The van der Waals surface area contributed by atoms with Crippen molar-refractivity contribution in [1.29, 1.82) is 0 Å². The van der Waals surface area contributed by atoms with E-state index in [-0.39, 0.29) is 0 Å². The summed E-state index contributed by atoms with van der Waals surface area (Å²) in [6, 6.07) is 9.53. The first-order valence-corrected chi connectivity index (χ1v) is 8.07. The van der Waals surface area contributed by atoms with Gasteiger partial charge in [0.15, 0.2) is 0 Å². The molecule has 2 aromatic rings. The van der Waals surface area contributed by atoms with E-state index in [4.69, 9.17) is 9.47 Å². The largest absolute Gasteiger partial charge is 0.478 e. The monoisotopic (exact) mass is 353 g/mol. The first kappa shape index (κ1) is 15.9. The molecule has 0 unspecified atom stereocenters. The number of fused-ring (bicyclic) bond motifs is 1. The highest BCUT2D eigenvalue weighted by atomic mass is 79.9. The molecule has 1 aromatic carbocycles. The molecular weight excluding hydrogens is 334 g/mol. The third-order valence-electron chi connectivity index (χ3n) is 2.78. The zero-order chi connectivity index (χ0) is 15.5. The Labute approximate surface area is 133 Å². The number of hydrogen-bond donors (Lipinski definition) is 0. The minimum Gasteiger partial charge on any atom is -0.478 e. The van der Waals surface area contributed by atoms with Crippen molar-refractivity contribution in [3.8, 4) is 5.88 Å². The Morgan fingerprint density at radius 3 is 2.67 bits per heavy atom. The summed E-state index contributed by atoms with van der Waals surface area (Å²) in [6.45, 7) is 6.09. The van der Waals surface area contributed by atoms with Crippen LogP contribution in [-0.4, -0.2) is 28.2 Å². The molecule has 0 atom stereocenters. The molecule has 0 spiro atoms. The van der Waals surface area contributed by atoms with Crippen LogP contribution in [0.25, 0.3) is 10.9 Å². The third-order valence-corrected chi connectivity index (χ3v) is 3.34. The zero-order valence-electron chi connectivity index (χ0n) is 12.6. The van der Waals surface area contributed by atoms with Gasteiger partial charge in [0, 0.05) is 16.8 Å². The topological polar surface area (TPSA) is 40.5 Å². The minimum absolute atomic E-state index is 0.419. The lowest BCUT2D eigenvalue weighted by Gasteiger charge is -2.20. The van der Waals surface area contributed by atoms with Crippen molar-refractivity contribution in [3.05, 3.63) is 30.3 Å². The molecule has 0 saturated heterocycles.